The maximum absolute atomic E-state index is 14.2. The van der Waals surface area contributed by atoms with Crippen LogP contribution in [0.15, 0.2) is 120 Å². The fraction of sp³-hybridized carbons (Fsp3) is 0.265. The maximum Gasteiger partial charge on any atom is 0.412 e. The molecule has 1 saturated heterocycles. The molecule has 4 aromatic rings. The molecule has 0 aliphatic carbocycles. The average Bonchev–Trinajstić information content (AvgIpc) is 3.32. The number of aryl methyl sites for hydroxylation is 1. The number of hydrogen-bond donors (Lipinski definition) is 1. The second kappa shape index (κ2) is 12.3. The molecule has 0 spiro atoms. The summed E-state index contributed by atoms with van der Waals surface area (Å²) in [5, 5.41) is -0.623. The van der Waals surface area contributed by atoms with Gasteiger partial charge in [0.05, 0.1) is 17.0 Å². The number of carbonyl (C=O) groups excluding carboxylic acids is 1. The quantitative estimate of drug-likeness (QED) is 0.210. The van der Waals surface area contributed by atoms with Crippen LogP contribution in [0.2, 0.25) is 0 Å². The highest BCUT2D eigenvalue weighted by molar-refractivity contribution is 7.99. The Morgan fingerprint density at radius 1 is 0.810 bits per heavy atom. The molecule has 5 rings (SSSR count). The van der Waals surface area contributed by atoms with Crippen LogP contribution in [-0.4, -0.2) is 37.1 Å². The summed E-state index contributed by atoms with van der Waals surface area (Å²) >= 11 is 1.42. The number of nitrogens with zero attached hydrogens (tertiary/aromatic N) is 1. The summed E-state index contributed by atoms with van der Waals surface area (Å²) in [5.41, 5.74) is 2.34. The van der Waals surface area contributed by atoms with E-state index in [0.29, 0.717) is 0 Å². The van der Waals surface area contributed by atoms with E-state index in [4.69, 9.17) is 4.74 Å². The normalized spacial score (nSPS) is 18.1. The smallest absolute Gasteiger partial charge is 0.412 e. The van der Waals surface area contributed by atoms with E-state index in [9.17, 15) is 13.2 Å². The average molecular weight is 601 g/mol. The van der Waals surface area contributed by atoms with Crippen molar-refractivity contribution in [2.75, 3.05) is 6.26 Å². The third-order valence-electron chi connectivity index (χ3n) is 7.78. The van der Waals surface area contributed by atoms with Crippen molar-refractivity contribution in [3.05, 3.63) is 138 Å². The zero-order valence-electron chi connectivity index (χ0n) is 24.2. The van der Waals surface area contributed by atoms with E-state index in [-0.39, 0.29) is 10.8 Å². The lowest BCUT2D eigenvalue weighted by Crippen LogP contribution is -2.53. The molecule has 1 aliphatic heterocycles. The Kier molecular flexibility index (Phi) is 8.78. The number of rotatable bonds is 10. The monoisotopic (exact) mass is 600 g/mol. The van der Waals surface area contributed by atoms with Gasteiger partial charge in [-0.2, -0.15) is 0 Å². The van der Waals surface area contributed by atoms with Crippen molar-refractivity contribution < 1.29 is 17.9 Å². The third kappa shape index (κ3) is 5.59. The Morgan fingerprint density at radius 2 is 1.31 bits per heavy atom. The molecule has 1 N–H and O–H groups in total. The lowest BCUT2D eigenvalue weighted by molar-refractivity contribution is 0.0538. The molecule has 4 aromatic carbocycles. The van der Waals surface area contributed by atoms with E-state index in [1.807, 2.05) is 104 Å². The zero-order chi connectivity index (χ0) is 29.9. The van der Waals surface area contributed by atoms with Gasteiger partial charge >= 0.3 is 6.09 Å². The minimum absolute atomic E-state index is 0.0448. The van der Waals surface area contributed by atoms with Gasteiger partial charge < -0.3 is 4.74 Å². The lowest BCUT2D eigenvalue weighted by Gasteiger charge is -2.42. The lowest BCUT2D eigenvalue weighted by atomic mass is 9.75. The van der Waals surface area contributed by atoms with E-state index in [1.165, 1.54) is 11.8 Å². The topological polar surface area (TPSA) is 75.7 Å². The number of cyclic esters (lactones) is 1. The molecule has 0 bridgehead atoms. The Hall–Kier alpha value is -3.59. The molecule has 0 unspecified atom stereocenters. The number of thioether (sulfide) groups is 1. The highest BCUT2D eigenvalue weighted by Crippen LogP contribution is 2.50. The molecule has 1 heterocycles. The molecule has 1 aliphatic rings. The van der Waals surface area contributed by atoms with Crippen LogP contribution >= 0.6 is 11.8 Å². The molecule has 3 atom stereocenters. The Bertz CT molecular complexity index is 1560. The number of nitrogens with one attached hydrogen (secondary N) is 1. The molecule has 218 valence electrons. The van der Waals surface area contributed by atoms with Crippen molar-refractivity contribution in [3.8, 4) is 0 Å². The minimum atomic E-state index is -3.94. The maximum atomic E-state index is 14.2. The van der Waals surface area contributed by atoms with Crippen LogP contribution in [0.5, 0.6) is 0 Å². The van der Waals surface area contributed by atoms with Gasteiger partial charge in [0.15, 0.2) is 5.60 Å². The molecule has 0 saturated carbocycles. The van der Waals surface area contributed by atoms with Gasteiger partial charge in [0.25, 0.3) is 0 Å². The van der Waals surface area contributed by atoms with Gasteiger partial charge in [0, 0.05) is 11.1 Å². The first-order valence-electron chi connectivity index (χ1n) is 14.0. The Labute approximate surface area is 253 Å². The van der Waals surface area contributed by atoms with E-state index in [0.717, 1.165) is 22.3 Å². The predicted molar refractivity (Wildman–Crippen MR) is 169 cm³/mol. The first-order chi connectivity index (χ1) is 20.2. The van der Waals surface area contributed by atoms with Crippen LogP contribution in [-0.2, 0) is 20.4 Å². The summed E-state index contributed by atoms with van der Waals surface area (Å²) in [6, 6.07) is 34.6. The first kappa shape index (κ1) is 29.9. The Morgan fingerprint density at radius 3 is 1.79 bits per heavy atom. The number of ether oxygens (including phenoxy) is 1. The number of hydrogen-bond acceptors (Lipinski definition) is 5. The van der Waals surface area contributed by atoms with E-state index in [1.54, 1.807) is 29.2 Å². The summed E-state index contributed by atoms with van der Waals surface area (Å²) in [6.07, 6.45) is 1.41. The summed E-state index contributed by atoms with van der Waals surface area (Å²) < 4.78 is 37.0. The molecular formula is C34H36N2O4S2. The van der Waals surface area contributed by atoms with Gasteiger partial charge in [-0.25, -0.2) is 17.9 Å². The zero-order valence-corrected chi connectivity index (χ0v) is 25.8. The molecule has 8 heteroatoms. The molecular weight excluding hydrogens is 565 g/mol. The minimum Gasteiger partial charge on any atom is -0.431 e. The van der Waals surface area contributed by atoms with Crippen LogP contribution in [0.25, 0.3) is 0 Å². The van der Waals surface area contributed by atoms with Crippen molar-refractivity contribution in [2.45, 2.75) is 48.7 Å². The number of sulfonamides is 1. The summed E-state index contributed by atoms with van der Waals surface area (Å²) in [7, 11) is -3.94. The second-order valence-electron chi connectivity index (χ2n) is 10.9. The highest BCUT2D eigenvalue weighted by Gasteiger charge is 2.60. The molecule has 0 aromatic heterocycles. The van der Waals surface area contributed by atoms with E-state index in [2.05, 4.69) is 18.6 Å². The largest absolute Gasteiger partial charge is 0.431 e. The van der Waals surface area contributed by atoms with Crippen LogP contribution in [0.1, 0.15) is 42.1 Å². The van der Waals surface area contributed by atoms with Crippen molar-refractivity contribution >= 4 is 27.9 Å². The summed E-state index contributed by atoms with van der Waals surface area (Å²) in [6.45, 7) is 6.06. The summed E-state index contributed by atoms with van der Waals surface area (Å²) in [5.74, 6) is -0.0448. The Balaban J connectivity index is 1.66. The molecule has 1 amide bonds. The van der Waals surface area contributed by atoms with Crippen LogP contribution < -0.4 is 4.72 Å². The van der Waals surface area contributed by atoms with Gasteiger partial charge in [-0.15, -0.1) is 11.8 Å². The fourth-order valence-electron chi connectivity index (χ4n) is 5.92. The van der Waals surface area contributed by atoms with Crippen molar-refractivity contribution in [1.29, 1.82) is 0 Å². The van der Waals surface area contributed by atoms with Gasteiger partial charge in [0.2, 0.25) is 10.0 Å². The number of amides is 1. The first-order valence-corrected chi connectivity index (χ1v) is 16.7. The van der Waals surface area contributed by atoms with Gasteiger partial charge in [-0.05, 0) is 36.8 Å². The van der Waals surface area contributed by atoms with E-state index >= 15 is 0 Å². The number of benzene rings is 4. The molecule has 42 heavy (non-hydrogen) atoms. The molecule has 6 nitrogen and oxygen atoms in total. The summed E-state index contributed by atoms with van der Waals surface area (Å²) in [4.78, 5) is 16.1. The second-order valence-corrected chi connectivity index (χ2v) is 13.5. The van der Waals surface area contributed by atoms with Crippen molar-refractivity contribution in [1.82, 2.24) is 9.62 Å². The van der Waals surface area contributed by atoms with Crippen LogP contribution in [0.3, 0.4) is 0 Å². The van der Waals surface area contributed by atoms with Crippen molar-refractivity contribution in [3.63, 3.8) is 0 Å². The van der Waals surface area contributed by atoms with Gasteiger partial charge in [-0.1, -0.05) is 123 Å². The van der Waals surface area contributed by atoms with Crippen LogP contribution in [0, 0.1) is 12.8 Å². The van der Waals surface area contributed by atoms with Crippen LogP contribution in [0.4, 0.5) is 4.79 Å². The SMILES string of the molecule is CS[C@@H]([C@@H](NS(=O)(=O)c1ccc(C)cc1)c1ccccc1)N1C(=O)OC(c2ccccc2)(c2ccccc2)[C@@H]1C(C)C. The molecule has 1 fully saturated rings. The predicted octanol–water partition coefficient (Wildman–Crippen LogP) is 7.12. The van der Waals surface area contributed by atoms with Crippen molar-refractivity contribution in [2.24, 2.45) is 5.92 Å². The van der Waals surface area contributed by atoms with E-state index < -0.39 is 39.2 Å². The van der Waals surface area contributed by atoms with Gasteiger partial charge in [0.1, 0.15) is 5.37 Å². The highest BCUT2D eigenvalue weighted by atomic mass is 32.2. The number of carbonyl (C=O) groups is 1. The standard InChI is InChI=1S/C34H36N2O4S2/c1-24(2)31-34(27-16-10-6-11-17-27,28-18-12-7-13-19-28)40-33(37)36(31)32(41-4)30(26-14-8-5-9-15-26)35-42(38,39)29-22-20-25(3)21-23-29/h5-24,30-32,35H,1-4H3/t30-,31-,32-/m0/s1. The molecule has 0 radical (unpaired) electrons. The van der Waals surface area contributed by atoms with Gasteiger partial charge in [-0.3, -0.25) is 4.90 Å². The fourth-order valence-corrected chi connectivity index (χ4v) is 8.18. The third-order valence-corrected chi connectivity index (χ3v) is 10.2.